The molecule has 110 valence electrons. The van der Waals surface area contributed by atoms with Crippen molar-refractivity contribution in [1.82, 2.24) is 15.0 Å². The highest BCUT2D eigenvalue weighted by Gasteiger charge is 2.40. The highest BCUT2D eigenvalue weighted by atomic mass is 35.5. The van der Waals surface area contributed by atoms with Crippen LogP contribution in [0.15, 0.2) is 0 Å². The highest BCUT2D eigenvalue weighted by Crippen LogP contribution is 2.32. The predicted octanol–water partition coefficient (Wildman–Crippen LogP) is 1.01. The monoisotopic (exact) mass is 299 g/mol. The zero-order valence-corrected chi connectivity index (χ0v) is 12.5. The normalized spacial score (nSPS) is 22.4. The van der Waals surface area contributed by atoms with Gasteiger partial charge in [0.2, 0.25) is 17.1 Å². The summed E-state index contributed by atoms with van der Waals surface area (Å²) in [4.78, 5) is 25.6. The van der Waals surface area contributed by atoms with Gasteiger partial charge in [0.25, 0.3) is 0 Å². The van der Waals surface area contributed by atoms with Crippen molar-refractivity contribution >= 4 is 23.5 Å². The van der Waals surface area contributed by atoms with Crippen LogP contribution in [0.4, 0.5) is 5.95 Å². The van der Waals surface area contributed by atoms with Crippen LogP contribution in [0.25, 0.3) is 0 Å². The Balaban J connectivity index is 2.21. The largest absolute Gasteiger partial charge is 0.461 e. The van der Waals surface area contributed by atoms with Gasteiger partial charge in [-0.2, -0.15) is 15.0 Å². The summed E-state index contributed by atoms with van der Waals surface area (Å²) in [5.41, 5.74) is 4.86. The minimum Gasteiger partial charge on any atom is -0.461 e. The van der Waals surface area contributed by atoms with E-state index in [1.165, 1.54) is 0 Å². The van der Waals surface area contributed by atoms with Gasteiger partial charge < -0.3 is 15.4 Å². The number of amides is 1. The molecule has 0 aromatic carbocycles. The first-order valence-electron chi connectivity index (χ1n) is 6.43. The molecule has 20 heavy (non-hydrogen) atoms. The van der Waals surface area contributed by atoms with Crippen molar-refractivity contribution in [2.24, 2.45) is 11.1 Å². The third kappa shape index (κ3) is 3.09. The summed E-state index contributed by atoms with van der Waals surface area (Å²) in [6.45, 7) is 6.68. The zero-order chi connectivity index (χ0) is 14.9. The summed E-state index contributed by atoms with van der Waals surface area (Å²) in [5, 5.41) is 0.0679. The van der Waals surface area contributed by atoms with Gasteiger partial charge in [-0.3, -0.25) is 4.79 Å². The Morgan fingerprint density at radius 2 is 2.15 bits per heavy atom. The molecule has 1 aromatic rings. The van der Waals surface area contributed by atoms with Crippen molar-refractivity contribution in [3.05, 3.63) is 5.28 Å². The predicted molar refractivity (Wildman–Crippen MR) is 74.7 cm³/mol. The Kier molecular flexibility index (Phi) is 3.99. The van der Waals surface area contributed by atoms with E-state index in [0.717, 1.165) is 0 Å². The Morgan fingerprint density at radius 3 is 2.70 bits per heavy atom. The summed E-state index contributed by atoms with van der Waals surface area (Å²) in [6, 6.07) is 0.183. The molecule has 1 atom stereocenters. The van der Waals surface area contributed by atoms with E-state index in [2.05, 4.69) is 15.0 Å². The number of carbonyl (C=O) groups excluding carboxylic acids is 1. The summed E-state index contributed by atoms with van der Waals surface area (Å²) in [6.07, 6.45) is 0.599. The third-order valence-electron chi connectivity index (χ3n) is 3.27. The number of rotatable bonds is 4. The molecule has 1 aliphatic heterocycles. The van der Waals surface area contributed by atoms with E-state index < -0.39 is 5.41 Å². The standard InChI is InChI=1S/C12H18ClN5O2/c1-7(2)20-11-16-9(13)15-10(17-11)18-5-4-12(3,6-18)8(14)19/h7H,4-6H2,1-3H3,(H2,14,19). The van der Waals surface area contributed by atoms with Crippen LogP contribution in [0, 0.1) is 5.41 Å². The minimum absolute atomic E-state index is 0.0595. The van der Waals surface area contributed by atoms with Gasteiger partial charge >= 0.3 is 6.01 Å². The van der Waals surface area contributed by atoms with Crippen molar-refractivity contribution < 1.29 is 9.53 Å². The zero-order valence-electron chi connectivity index (χ0n) is 11.8. The molecule has 8 heteroatoms. The first-order chi connectivity index (χ1) is 9.30. The minimum atomic E-state index is -0.571. The van der Waals surface area contributed by atoms with Crippen LogP contribution in [0.1, 0.15) is 27.2 Å². The van der Waals surface area contributed by atoms with E-state index in [9.17, 15) is 4.79 Å². The van der Waals surface area contributed by atoms with Crippen molar-refractivity contribution in [2.45, 2.75) is 33.3 Å². The molecule has 0 aliphatic carbocycles. The molecule has 1 saturated heterocycles. The van der Waals surface area contributed by atoms with Gasteiger partial charge in [0.05, 0.1) is 11.5 Å². The van der Waals surface area contributed by atoms with Gasteiger partial charge in [-0.1, -0.05) is 0 Å². The molecule has 0 saturated carbocycles. The van der Waals surface area contributed by atoms with Crippen LogP contribution in [-0.4, -0.2) is 40.1 Å². The fourth-order valence-electron chi connectivity index (χ4n) is 2.06. The topological polar surface area (TPSA) is 94.2 Å². The number of aromatic nitrogens is 3. The summed E-state index contributed by atoms with van der Waals surface area (Å²) < 4.78 is 5.43. The molecule has 1 amide bonds. The van der Waals surface area contributed by atoms with Crippen LogP contribution < -0.4 is 15.4 Å². The number of primary amides is 1. The molecule has 0 spiro atoms. The number of halogens is 1. The highest BCUT2D eigenvalue weighted by molar-refractivity contribution is 6.28. The second kappa shape index (κ2) is 5.40. The maximum absolute atomic E-state index is 11.5. The fraction of sp³-hybridized carbons (Fsp3) is 0.667. The molecular formula is C12H18ClN5O2. The Morgan fingerprint density at radius 1 is 1.45 bits per heavy atom. The quantitative estimate of drug-likeness (QED) is 0.892. The lowest BCUT2D eigenvalue weighted by molar-refractivity contribution is -0.125. The van der Waals surface area contributed by atoms with Gasteiger partial charge in [0.1, 0.15) is 0 Å². The second-order valence-electron chi connectivity index (χ2n) is 5.45. The Labute approximate surface area is 122 Å². The van der Waals surface area contributed by atoms with Gasteiger partial charge in [-0.25, -0.2) is 0 Å². The lowest BCUT2D eigenvalue weighted by Gasteiger charge is -2.21. The number of hydrogen-bond acceptors (Lipinski definition) is 6. The van der Waals surface area contributed by atoms with E-state index in [4.69, 9.17) is 22.1 Å². The Hall–Kier alpha value is -1.63. The first-order valence-corrected chi connectivity index (χ1v) is 6.81. The van der Waals surface area contributed by atoms with Gasteiger partial charge in [-0.05, 0) is 38.8 Å². The molecule has 0 radical (unpaired) electrons. The first kappa shape index (κ1) is 14.8. The van der Waals surface area contributed by atoms with Gasteiger partial charge in [0.15, 0.2) is 0 Å². The Bertz CT molecular complexity index is 525. The number of hydrogen-bond donors (Lipinski definition) is 1. The lowest BCUT2D eigenvalue weighted by Crippen LogP contribution is -2.37. The number of carbonyl (C=O) groups is 1. The summed E-state index contributed by atoms with van der Waals surface area (Å²) in [5.74, 6) is 0.0874. The van der Waals surface area contributed by atoms with E-state index in [1.54, 1.807) is 0 Å². The van der Waals surface area contributed by atoms with Gasteiger partial charge in [-0.15, -0.1) is 0 Å². The van der Waals surface area contributed by atoms with Crippen LogP contribution in [-0.2, 0) is 4.79 Å². The van der Waals surface area contributed by atoms with Crippen molar-refractivity contribution in [1.29, 1.82) is 0 Å². The summed E-state index contributed by atoms with van der Waals surface area (Å²) in [7, 11) is 0. The second-order valence-corrected chi connectivity index (χ2v) is 5.79. The molecule has 1 unspecified atom stereocenters. The van der Waals surface area contributed by atoms with Crippen molar-refractivity contribution in [2.75, 3.05) is 18.0 Å². The van der Waals surface area contributed by atoms with Crippen LogP contribution in [0.2, 0.25) is 5.28 Å². The average molecular weight is 300 g/mol. The maximum atomic E-state index is 11.5. The number of nitrogens with two attached hydrogens (primary N) is 1. The van der Waals surface area contributed by atoms with E-state index in [1.807, 2.05) is 25.7 Å². The molecule has 1 aliphatic rings. The van der Waals surface area contributed by atoms with E-state index in [-0.39, 0.29) is 23.3 Å². The van der Waals surface area contributed by atoms with Crippen molar-refractivity contribution in [3.8, 4) is 6.01 Å². The van der Waals surface area contributed by atoms with E-state index in [0.29, 0.717) is 25.5 Å². The number of anilines is 1. The molecule has 1 aromatic heterocycles. The average Bonchev–Trinajstić information content (AvgIpc) is 2.71. The fourth-order valence-corrected chi connectivity index (χ4v) is 2.21. The summed E-state index contributed by atoms with van der Waals surface area (Å²) >= 11 is 5.88. The van der Waals surface area contributed by atoms with Crippen LogP contribution >= 0.6 is 11.6 Å². The molecule has 2 N–H and O–H groups in total. The number of ether oxygens (including phenoxy) is 1. The molecule has 7 nitrogen and oxygen atoms in total. The SMILES string of the molecule is CC(C)Oc1nc(Cl)nc(N2CCC(C)(C(N)=O)C2)n1. The maximum Gasteiger partial charge on any atom is 0.322 e. The molecule has 0 bridgehead atoms. The lowest BCUT2D eigenvalue weighted by atomic mass is 9.89. The van der Waals surface area contributed by atoms with Crippen LogP contribution in [0.5, 0.6) is 6.01 Å². The van der Waals surface area contributed by atoms with E-state index >= 15 is 0 Å². The molecule has 2 rings (SSSR count). The number of nitrogens with zero attached hydrogens (tertiary/aromatic N) is 4. The van der Waals surface area contributed by atoms with Crippen molar-refractivity contribution in [3.63, 3.8) is 0 Å². The van der Waals surface area contributed by atoms with Crippen LogP contribution in [0.3, 0.4) is 0 Å². The molecular weight excluding hydrogens is 282 g/mol. The smallest absolute Gasteiger partial charge is 0.322 e. The van der Waals surface area contributed by atoms with Gasteiger partial charge in [0, 0.05) is 13.1 Å². The molecule has 2 heterocycles. The third-order valence-corrected chi connectivity index (χ3v) is 3.44. The molecule has 1 fully saturated rings.